The van der Waals surface area contributed by atoms with E-state index in [2.05, 4.69) is 15.5 Å². The molecule has 30 heavy (non-hydrogen) atoms. The molecule has 4 heterocycles. The van der Waals surface area contributed by atoms with E-state index in [0.717, 1.165) is 43.0 Å². The van der Waals surface area contributed by atoms with Crippen LogP contribution in [-0.2, 0) is 14.3 Å². The van der Waals surface area contributed by atoms with Crippen molar-refractivity contribution in [3.05, 3.63) is 47.3 Å². The van der Waals surface area contributed by atoms with Crippen LogP contribution >= 0.6 is 0 Å². The van der Waals surface area contributed by atoms with Crippen molar-refractivity contribution >= 4 is 11.8 Å². The highest BCUT2D eigenvalue weighted by molar-refractivity contribution is 5.94. The van der Waals surface area contributed by atoms with E-state index < -0.39 is 0 Å². The maximum Gasteiger partial charge on any atom is 0.251 e. The largest absolute Gasteiger partial charge is 0.488 e. The van der Waals surface area contributed by atoms with E-state index >= 15 is 0 Å². The number of nitrogens with one attached hydrogen (secondary N) is 2. The summed E-state index contributed by atoms with van der Waals surface area (Å²) in [5.41, 5.74) is 1.75. The van der Waals surface area contributed by atoms with Crippen LogP contribution in [0.2, 0.25) is 0 Å². The number of nitrogens with zero attached hydrogens (tertiary/aromatic N) is 3. The molecule has 0 aliphatic carbocycles. The number of amides is 2. The summed E-state index contributed by atoms with van der Waals surface area (Å²) in [6.07, 6.45) is 11.3. The number of dihydropyridines is 1. The van der Waals surface area contributed by atoms with Crippen molar-refractivity contribution < 1.29 is 14.3 Å². The van der Waals surface area contributed by atoms with E-state index in [1.165, 1.54) is 6.42 Å². The van der Waals surface area contributed by atoms with Gasteiger partial charge in [-0.2, -0.15) is 0 Å². The second-order valence-corrected chi connectivity index (χ2v) is 7.88. The Hall–Kier alpha value is -2.74. The first-order valence-electron chi connectivity index (χ1n) is 10.9. The standard InChI is InChI=1S/C22H31N5O3/c1-3-20(28)27-10-7-17(14-19(27)23-2)26-11-12-30-18-13-16(15-24-21(18)26)22(29)25-8-5-4-6-9-25/h7,10,13-14,19,23-24H,3-6,8-9,11-12,15H2,1-2H3. The molecule has 2 amide bonds. The van der Waals surface area contributed by atoms with Crippen LogP contribution in [0.4, 0.5) is 0 Å². The number of carbonyl (C=O) groups is 2. The van der Waals surface area contributed by atoms with Gasteiger partial charge in [-0.25, -0.2) is 0 Å². The molecule has 1 unspecified atom stereocenters. The van der Waals surface area contributed by atoms with E-state index in [-0.39, 0.29) is 18.0 Å². The van der Waals surface area contributed by atoms with Gasteiger partial charge in [-0.05, 0) is 44.5 Å². The van der Waals surface area contributed by atoms with E-state index in [1.807, 2.05) is 43.3 Å². The van der Waals surface area contributed by atoms with Gasteiger partial charge in [-0.1, -0.05) is 6.92 Å². The third kappa shape index (κ3) is 3.96. The molecule has 4 aliphatic heterocycles. The van der Waals surface area contributed by atoms with Gasteiger partial charge in [0.25, 0.3) is 5.91 Å². The van der Waals surface area contributed by atoms with Crippen LogP contribution in [-0.4, -0.2) is 72.5 Å². The van der Waals surface area contributed by atoms with E-state index in [1.54, 1.807) is 4.90 Å². The van der Waals surface area contributed by atoms with Crippen molar-refractivity contribution in [1.82, 2.24) is 25.3 Å². The van der Waals surface area contributed by atoms with Gasteiger partial charge in [0.1, 0.15) is 18.6 Å². The van der Waals surface area contributed by atoms with E-state index in [9.17, 15) is 9.59 Å². The number of hydrogen-bond acceptors (Lipinski definition) is 6. The quantitative estimate of drug-likeness (QED) is 0.722. The lowest BCUT2D eigenvalue weighted by Gasteiger charge is -2.39. The molecule has 0 radical (unpaired) electrons. The Morgan fingerprint density at radius 3 is 2.77 bits per heavy atom. The maximum atomic E-state index is 12.9. The summed E-state index contributed by atoms with van der Waals surface area (Å²) >= 11 is 0. The van der Waals surface area contributed by atoms with Gasteiger partial charge in [0.05, 0.1) is 6.54 Å². The number of hydrogen-bond donors (Lipinski definition) is 2. The van der Waals surface area contributed by atoms with Gasteiger partial charge < -0.3 is 19.9 Å². The molecule has 0 bridgehead atoms. The average Bonchev–Trinajstić information content (AvgIpc) is 2.82. The zero-order chi connectivity index (χ0) is 21.1. The monoisotopic (exact) mass is 413 g/mol. The van der Waals surface area contributed by atoms with Crippen LogP contribution in [0.25, 0.3) is 0 Å². The van der Waals surface area contributed by atoms with Gasteiger partial charge in [0.2, 0.25) is 5.91 Å². The molecule has 0 spiro atoms. The Morgan fingerprint density at radius 2 is 2.03 bits per heavy atom. The summed E-state index contributed by atoms with van der Waals surface area (Å²) in [6, 6.07) is 0. The van der Waals surface area contributed by atoms with Crippen LogP contribution < -0.4 is 10.6 Å². The Morgan fingerprint density at radius 1 is 1.23 bits per heavy atom. The second kappa shape index (κ2) is 8.95. The molecule has 2 N–H and O–H groups in total. The minimum absolute atomic E-state index is 0.0716. The minimum Gasteiger partial charge on any atom is -0.488 e. The molecule has 0 aromatic rings. The molecule has 1 atom stereocenters. The first-order chi connectivity index (χ1) is 14.6. The van der Waals surface area contributed by atoms with Crippen molar-refractivity contribution in [2.75, 3.05) is 39.8 Å². The van der Waals surface area contributed by atoms with Crippen LogP contribution in [0.1, 0.15) is 32.6 Å². The number of likely N-dealkylation sites (N-methyl/N-ethyl adjacent to an activating group) is 1. The third-order valence-electron chi connectivity index (χ3n) is 5.98. The molecule has 1 fully saturated rings. The second-order valence-electron chi connectivity index (χ2n) is 7.88. The molecule has 8 heteroatoms. The van der Waals surface area contributed by atoms with Gasteiger partial charge in [0.15, 0.2) is 5.76 Å². The summed E-state index contributed by atoms with van der Waals surface area (Å²) in [5, 5.41) is 6.60. The van der Waals surface area contributed by atoms with Crippen LogP contribution in [0, 0.1) is 0 Å². The van der Waals surface area contributed by atoms with Crippen molar-refractivity contribution in [3.63, 3.8) is 0 Å². The predicted molar refractivity (Wildman–Crippen MR) is 113 cm³/mol. The highest BCUT2D eigenvalue weighted by Gasteiger charge is 2.31. The SMILES string of the molecule is CCC(=O)N1C=CC(N2CCOC3=C2NCC(C(=O)N2CCCCC2)=C3)=CC1NC. The van der Waals surface area contributed by atoms with Gasteiger partial charge >= 0.3 is 0 Å². The number of carbonyl (C=O) groups excluding carboxylic acids is 2. The van der Waals surface area contributed by atoms with Gasteiger partial charge in [-0.3, -0.25) is 19.8 Å². The Balaban J connectivity index is 1.55. The molecule has 162 valence electrons. The normalized spacial score (nSPS) is 23.9. The molecule has 0 aromatic carbocycles. The molecule has 4 rings (SSSR count). The number of rotatable bonds is 4. The number of ether oxygens (including phenoxy) is 1. The first-order valence-corrected chi connectivity index (χ1v) is 10.9. The third-order valence-corrected chi connectivity index (χ3v) is 5.98. The lowest BCUT2D eigenvalue weighted by molar-refractivity contribution is -0.130. The summed E-state index contributed by atoms with van der Waals surface area (Å²) < 4.78 is 5.90. The lowest BCUT2D eigenvalue weighted by Crippen LogP contribution is -2.47. The summed E-state index contributed by atoms with van der Waals surface area (Å²) in [4.78, 5) is 30.9. The maximum absolute atomic E-state index is 12.9. The molecular weight excluding hydrogens is 382 g/mol. The highest BCUT2D eigenvalue weighted by atomic mass is 16.5. The molecule has 4 aliphatic rings. The molecular formula is C22H31N5O3. The zero-order valence-electron chi connectivity index (χ0n) is 17.8. The first kappa shape index (κ1) is 20.5. The molecule has 0 saturated carbocycles. The van der Waals surface area contributed by atoms with Gasteiger partial charge in [0, 0.05) is 43.5 Å². The summed E-state index contributed by atoms with van der Waals surface area (Å²) in [7, 11) is 1.85. The Labute approximate surface area is 177 Å². The van der Waals surface area contributed by atoms with Crippen molar-refractivity contribution in [2.24, 2.45) is 0 Å². The summed E-state index contributed by atoms with van der Waals surface area (Å²) in [5.74, 6) is 1.75. The predicted octanol–water partition coefficient (Wildman–Crippen LogP) is 1.23. The smallest absolute Gasteiger partial charge is 0.251 e. The number of likely N-dealkylation sites (tertiary alicyclic amines) is 1. The summed E-state index contributed by atoms with van der Waals surface area (Å²) in [6.45, 7) is 5.26. The Bertz CT molecular complexity index is 823. The van der Waals surface area contributed by atoms with Crippen molar-refractivity contribution in [3.8, 4) is 0 Å². The lowest BCUT2D eigenvalue weighted by atomic mass is 10.1. The van der Waals surface area contributed by atoms with Crippen molar-refractivity contribution in [1.29, 1.82) is 0 Å². The zero-order valence-corrected chi connectivity index (χ0v) is 17.8. The fraction of sp³-hybridized carbons (Fsp3) is 0.545. The number of piperidine rings is 1. The van der Waals surface area contributed by atoms with Crippen molar-refractivity contribution in [2.45, 2.75) is 38.8 Å². The van der Waals surface area contributed by atoms with Crippen LogP contribution in [0.5, 0.6) is 0 Å². The highest BCUT2D eigenvalue weighted by Crippen LogP contribution is 2.28. The molecule has 8 nitrogen and oxygen atoms in total. The minimum atomic E-state index is -0.195. The average molecular weight is 414 g/mol. The topological polar surface area (TPSA) is 77.2 Å². The molecule has 0 aromatic heterocycles. The van der Waals surface area contributed by atoms with E-state index in [0.29, 0.717) is 31.9 Å². The van der Waals surface area contributed by atoms with Gasteiger partial charge in [-0.15, -0.1) is 0 Å². The van der Waals surface area contributed by atoms with E-state index in [4.69, 9.17) is 4.74 Å². The number of allylic oxidation sites excluding steroid dienone is 2. The fourth-order valence-corrected chi connectivity index (χ4v) is 4.31. The Kier molecular flexibility index (Phi) is 6.13. The van der Waals surface area contributed by atoms with Crippen LogP contribution in [0.15, 0.2) is 47.3 Å². The van der Waals surface area contributed by atoms with Crippen LogP contribution in [0.3, 0.4) is 0 Å². The fourth-order valence-electron chi connectivity index (χ4n) is 4.31. The molecule has 1 saturated heterocycles.